The minimum atomic E-state index is -0.816. The van der Waals surface area contributed by atoms with Crippen molar-refractivity contribution in [2.24, 2.45) is 5.73 Å². The van der Waals surface area contributed by atoms with Crippen LogP contribution in [-0.4, -0.2) is 16.1 Å². The molecule has 0 saturated heterocycles. The van der Waals surface area contributed by atoms with Crippen LogP contribution in [0.3, 0.4) is 0 Å². The minimum Gasteiger partial charge on any atom is -0.481 e. The van der Waals surface area contributed by atoms with E-state index in [1.54, 1.807) is 0 Å². The third-order valence-corrected chi connectivity index (χ3v) is 2.95. The second-order valence-electron chi connectivity index (χ2n) is 4.44. The van der Waals surface area contributed by atoms with Gasteiger partial charge in [0, 0.05) is 23.5 Å². The fourth-order valence-corrected chi connectivity index (χ4v) is 1.92. The van der Waals surface area contributed by atoms with Crippen LogP contribution in [0.4, 0.5) is 0 Å². The first-order chi connectivity index (χ1) is 8.56. The third kappa shape index (κ3) is 2.84. The maximum Gasteiger partial charge on any atom is 0.303 e. The number of carbonyl (C=O) groups is 1. The number of aromatic nitrogens is 1. The summed E-state index contributed by atoms with van der Waals surface area (Å²) in [5.41, 5.74) is 8.85. The van der Waals surface area contributed by atoms with Gasteiger partial charge in [-0.2, -0.15) is 0 Å². The molecule has 0 aliphatic carbocycles. The fraction of sp³-hybridized carbons (Fsp3) is 0.286. The van der Waals surface area contributed by atoms with E-state index in [0.717, 1.165) is 22.2 Å². The van der Waals surface area contributed by atoms with Crippen molar-refractivity contribution in [1.82, 2.24) is 4.98 Å². The van der Waals surface area contributed by atoms with Crippen molar-refractivity contribution in [3.63, 3.8) is 0 Å². The van der Waals surface area contributed by atoms with Crippen molar-refractivity contribution in [3.8, 4) is 0 Å². The van der Waals surface area contributed by atoms with E-state index < -0.39 is 5.97 Å². The Balaban J connectivity index is 2.24. The van der Waals surface area contributed by atoms with E-state index in [9.17, 15) is 4.79 Å². The Labute approximate surface area is 105 Å². The van der Waals surface area contributed by atoms with Crippen LogP contribution in [-0.2, 0) is 4.79 Å². The van der Waals surface area contributed by atoms with Crippen LogP contribution in [0.15, 0.2) is 30.3 Å². The number of hydrogen-bond donors (Lipinski definition) is 2. The van der Waals surface area contributed by atoms with Crippen LogP contribution in [0.2, 0.25) is 0 Å². The number of aryl methyl sites for hydroxylation is 1. The second-order valence-corrected chi connectivity index (χ2v) is 4.44. The second kappa shape index (κ2) is 5.14. The molecular weight excluding hydrogens is 228 g/mol. The minimum absolute atomic E-state index is 0.0886. The lowest BCUT2D eigenvalue weighted by Gasteiger charge is -2.11. The molecule has 4 heteroatoms. The smallest absolute Gasteiger partial charge is 0.303 e. The summed E-state index contributed by atoms with van der Waals surface area (Å²) in [5, 5.41) is 9.68. The number of carboxylic acid groups (broad SMARTS) is 1. The van der Waals surface area contributed by atoms with Crippen LogP contribution in [0.25, 0.3) is 10.9 Å². The van der Waals surface area contributed by atoms with Crippen LogP contribution in [0.1, 0.15) is 30.1 Å². The number of carboxylic acids is 1. The average molecular weight is 244 g/mol. The maximum absolute atomic E-state index is 10.5. The number of rotatable bonds is 4. The summed E-state index contributed by atoms with van der Waals surface area (Å²) < 4.78 is 0. The highest BCUT2D eigenvalue weighted by Crippen LogP contribution is 2.21. The summed E-state index contributed by atoms with van der Waals surface area (Å²) in [5.74, 6) is -0.816. The molecule has 18 heavy (non-hydrogen) atoms. The molecule has 2 aromatic rings. The Kier molecular flexibility index (Phi) is 3.58. The molecule has 1 atom stereocenters. The number of aliphatic carboxylic acids is 1. The molecule has 0 radical (unpaired) electrons. The summed E-state index contributed by atoms with van der Waals surface area (Å²) in [6, 6.07) is 9.54. The molecule has 0 bridgehead atoms. The van der Waals surface area contributed by atoms with Crippen molar-refractivity contribution < 1.29 is 9.90 Å². The number of nitrogens with two attached hydrogens (primary N) is 1. The molecule has 0 aliphatic heterocycles. The lowest BCUT2D eigenvalue weighted by atomic mass is 10.0. The predicted molar refractivity (Wildman–Crippen MR) is 70.3 cm³/mol. The van der Waals surface area contributed by atoms with Crippen molar-refractivity contribution in [2.75, 3.05) is 0 Å². The summed E-state index contributed by atoms with van der Waals surface area (Å²) in [6.45, 7) is 1.95. The fourth-order valence-electron chi connectivity index (χ4n) is 1.92. The first kappa shape index (κ1) is 12.5. The van der Waals surface area contributed by atoms with E-state index in [1.807, 2.05) is 37.3 Å². The molecular formula is C14H16N2O2. The van der Waals surface area contributed by atoms with Gasteiger partial charge in [0.25, 0.3) is 0 Å². The van der Waals surface area contributed by atoms with Crippen molar-refractivity contribution >= 4 is 16.9 Å². The molecule has 0 spiro atoms. The van der Waals surface area contributed by atoms with Gasteiger partial charge in [-0.05, 0) is 37.1 Å². The standard InChI is InChI=1S/C14H16N2O2/c1-9-2-3-11-8-10(4-6-13(11)16-9)12(15)5-7-14(17)18/h2-4,6,8,12H,5,7,15H2,1H3,(H,17,18). The van der Waals surface area contributed by atoms with Gasteiger partial charge in [0.1, 0.15) is 0 Å². The summed E-state index contributed by atoms with van der Waals surface area (Å²) in [7, 11) is 0. The molecule has 3 N–H and O–H groups in total. The van der Waals surface area contributed by atoms with Crippen molar-refractivity contribution in [3.05, 3.63) is 41.6 Å². The van der Waals surface area contributed by atoms with Crippen LogP contribution in [0.5, 0.6) is 0 Å². The van der Waals surface area contributed by atoms with Crippen LogP contribution >= 0.6 is 0 Å². The highest BCUT2D eigenvalue weighted by atomic mass is 16.4. The van der Waals surface area contributed by atoms with Gasteiger partial charge in [0.15, 0.2) is 0 Å². The lowest BCUT2D eigenvalue weighted by molar-refractivity contribution is -0.137. The van der Waals surface area contributed by atoms with Crippen molar-refractivity contribution in [1.29, 1.82) is 0 Å². The highest BCUT2D eigenvalue weighted by molar-refractivity contribution is 5.79. The van der Waals surface area contributed by atoms with Gasteiger partial charge in [-0.3, -0.25) is 9.78 Å². The number of benzene rings is 1. The van der Waals surface area contributed by atoms with E-state index in [1.165, 1.54) is 0 Å². The number of fused-ring (bicyclic) bond motifs is 1. The molecule has 4 nitrogen and oxygen atoms in total. The van der Waals surface area contributed by atoms with Gasteiger partial charge in [0.05, 0.1) is 5.52 Å². The zero-order valence-corrected chi connectivity index (χ0v) is 10.3. The number of hydrogen-bond acceptors (Lipinski definition) is 3. The third-order valence-electron chi connectivity index (χ3n) is 2.95. The molecule has 1 unspecified atom stereocenters. The molecule has 0 fully saturated rings. The van der Waals surface area contributed by atoms with Crippen molar-refractivity contribution in [2.45, 2.75) is 25.8 Å². The maximum atomic E-state index is 10.5. The zero-order chi connectivity index (χ0) is 13.1. The predicted octanol–water partition coefficient (Wildman–Crippen LogP) is 2.41. The van der Waals surface area contributed by atoms with E-state index in [4.69, 9.17) is 10.8 Å². The zero-order valence-electron chi connectivity index (χ0n) is 10.3. The van der Waals surface area contributed by atoms with Gasteiger partial charge in [-0.15, -0.1) is 0 Å². The molecule has 0 saturated carbocycles. The largest absolute Gasteiger partial charge is 0.481 e. The number of pyridine rings is 1. The Hall–Kier alpha value is -1.94. The van der Waals surface area contributed by atoms with Gasteiger partial charge >= 0.3 is 5.97 Å². The summed E-state index contributed by atoms with van der Waals surface area (Å²) in [4.78, 5) is 14.9. The molecule has 0 aliphatic rings. The van der Waals surface area contributed by atoms with Gasteiger partial charge < -0.3 is 10.8 Å². The Bertz CT molecular complexity index is 581. The first-order valence-corrected chi connectivity index (χ1v) is 5.91. The lowest BCUT2D eigenvalue weighted by Crippen LogP contribution is -2.12. The first-order valence-electron chi connectivity index (χ1n) is 5.91. The van der Waals surface area contributed by atoms with E-state index in [2.05, 4.69) is 4.98 Å². The van der Waals surface area contributed by atoms with E-state index in [-0.39, 0.29) is 12.5 Å². The van der Waals surface area contributed by atoms with E-state index >= 15 is 0 Å². The Morgan fingerprint density at radius 2 is 2.17 bits per heavy atom. The van der Waals surface area contributed by atoms with Gasteiger partial charge in [-0.25, -0.2) is 0 Å². The molecule has 94 valence electrons. The van der Waals surface area contributed by atoms with Crippen LogP contribution in [0, 0.1) is 6.92 Å². The molecule has 1 aromatic heterocycles. The highest BCUT2D eigenvalue weighted by Gasteiger charge is 2.09. The topological polar surface area (TPSA) is 76.2 Å². The van der Waals surface area contributed by atoms with Gasteiger partial charge in [0.2, 0.25) is 0 Å². The quantitative estimate of drug-likeness (QED) is 0.865. The Morgan fingerprint density at radius 1 is 1.39 bits per heavy atom. The molecule has 1 heterocycles. The Morgan fingerprint density at radius 3 is 2.89 bits per heavy atom. The normalized spacial score (nSPS) is 12.6. The van der Waals surface area contributed by atoms with Gasteiger partial charge in [-0.1, -0.05) is 12.1 Å². The van der Waals surface area contributed by atoms with E-state index in [0.29, 0.717) is 6.42 Å². The molecule has 1 aromatic carbocycles. The molecule has 2 rings (SSSR count). The average Bonchev–Trinajstić information content (AvgIpc) is 2.35. The monoisotopic (exact) mass is 244 g/mol. The molecule has 0 amide bonds. The van der Waals surface area contributed by atoms with Crippen LogP contribution < -0.4 is 5.73 Å². The summed E-state index contributed by atoms with van der Waals surface area (Å²) >= 11 is 0. The summed E-state index contributed by atoms with van der Waals surface area (Å²) in [6.07, 6.45) is 0.533. The SMILES string of the molecule is Cc1ccc2cc(C(N)CCC(=O)O)ccc2n1. The number of nitrogens with zero attached hydrogens (tertiary/aromatic N) is 1.